The van der Waals surface area contributed by atoms with Crippen LogP contribution in [0, 0.1) is 0 Å². The van der Waals surface area contributed by atoms with E-state index in [1.165, 1.54) is 16.8 Å². The second-order valence-electron chi connectivity index (χ2n) is 6.62. The fourth-order valence-electron chi connectivity index (χ4n) is 2.93. The first kappa shape index (κ1) is 21.7. The van der Waals surface area contributed by atoms with Crippen molar-refractivity contribution in [2.24, 2.45) is 0 Å². The molecule has 1 aromatic heterocycles. The molecule has 1 aliphatic heterocycles. The van der Waals surface area contributed by atoms with Crippen molar-refractivity contribution in [3.05, 3.63) is 58.6 Å². The number of hydrogen-bond acceptors (Lipinski definition) is 9. The summed E-state index contributed by atoms with van der Waals surface area (Å²) in [6.45, 7) is 1.83. The molecule has 2 heterocycles. The smallest absolute Gasteiger partial charge is 0.351 e. The lowest BCUT2D eigenvalue weighted by Crippen LogP contribution is -2.35. The summed E-state index contributed by atoms with van der Waals surface area (Å²) in [5.41, 5.74) is 5.45. The lowest BCUT2D eigenvalue weighted by molar-refractivity contribution is -0.0763. The molecule has 10 heteroatoms. The number of carbonyl (C=O) groups excluding carboxylic acids is 1. The van der Waals surface area contributed by atoms with Gasteiger partial charge in [-0.1, -0.05) is 25.1 Å². The molecule has 1 saturated heterocycles. The number of esters is 1. The van der Waals surface area contributed by atoms with Gasteiger partial charge >= 0.3 is 11.7 Å². The van der Waals surface area contributed by atoms with Crippen molar-refractivity contribution in [1.29, 1.82) is 0 Å². The van der Waals surface area contributed by atoms with Crippen LogP contribution in [-0.2, 0) is 14.2 Å². The topological polar surface area (TPSA) is 106 Å². The van der Waals surface area contributed by atoms with Crippen LogP contribution < -0.4 is 11.4 Å². The van der Waals surface area contributed by atoms with Crippen LogP contribution in [0.3, 0.4) is 0 Å². The molecule has 0 aliphatic carbocycles. The highest BCUT2D eigenvalue weighted by Crippen LogP contribution is 2.36. The summed E-state index contributed by atoms with van der Waals surface area (Å²) in [5.74, 6) is -0.345. The average Bonchev–Trinajstić information content (AvgIpc) is 3.08. The number of carbonyl (C=O) groups is 1. The molecule has 0 amide bonds. The van der Waals surface area contributed by atoms with Gasteiger partial charge in [-0.25, -0.2) is 9.59 Å². The Morgan fingerprint density at radius 1 is 1.34 bits per heavy atom. The Balaban J connectivity index is 1.74. The molecule has 1 fully saturated rings. The second kappa shape index (κ2) is 9.21. The van der Waals surface area contributed by atoms with E-state index in [9.17, 15) is 9.59 Å². The van der Waals surface area contributed by atoms with Gasteiger partial charge in [0.2, 0.25) is 0 Å². The van der Waals surface area contributed by atoms with Gasteiger partial charge in [0.1, 0.15) is 24.8 Å². The summed E-state index contributed by atoms with van der Waals surface area (Å²) in [5, 5.41) is 0. The minimum Gasteiger partial charge on any atom is -0.459 e. The van der Waals surface area contributed by atoms with Crippen LogP contribution in [-0.4, -0.2) is 38.6 Å². The molecule has 1 aliphatic rings. The summed E-state index contributed by atoms with van der Waals surface area (Å²) in [4.78, 5) is 28.2. The van der Waals surface area contributed by atoms with Gasteiger partial charge in [-0.15, -0.1) is 25.3 Å². The Bertz CT molecular complexity index is 906. The van der Waals surface area contributed by atoms with Crippen LogP contribution in [0.4, 0.5) is 5.82 Å². The number of ether oxygens (including phenoxy) is 3. The molecule has 0 saturated carbocycles. The van der Waals surface area contributed by atoms with Gasteiger partial charge in [0.25, 0.3) is 0 Å². The molecule has 3 atom stereocenters. The molecule has 1 aromatic carbocycles. The number of nitrogen functional groups attached to an aromatic ring is 1. The number of hydrogen-bond donors (Lipinski definition) is 3. The minimum atomic E-state index is -0.991. The molecule has 0 spiro atoms. The van der Waals surface area contributed by atoms with Gasteiger partial charge in [0.05, 0.1) is 11.7 Å². The van der Waals surface area contributed by atoms with Crippen molar-refractivity contribution in [1.82, 2.24) is 9.55 Å². The van der Waals surface area contributed by atoms with Crippen LogP contribution in [0.15, 0.2) is 47.4 Å². The van der Waals surface area contributed by atoms with Crippen LogP contribution in [0.25, 0.3) is 0 Å². The van der Waals surface area contributed by atoms with Gasteiger partial charge in [-0.3, -0.25) is 4.57 Å². The Kier molecular flexibility index (Phi) is 6.89. The number of rotatable bonds is 7. The molecule has 156 valence electrons. The zero-order valence-electron chi connectivity index (χ0n) is 15.8. The Morgan fingerprint density at radius 3 is 2.72 bits per heavy atom. The lowest BCUT2D eigenvalue weighted by Gasteiger charge is -2.28. The summed E-state index contributed by atoms with van der Waals surface area (Å²) in [6, 6.07) is 10.2. The standard InChI is InChI=1S/C19H23N3O5S2/c1-2-19(28,29)27-13-10-16(22-9-8-15(20)21-18(22)24)26-14(13)11-25-17(23)12-6-4-3-5-7-12/h3-9,13-14,16,28-29H,2,10-11H2,1H3,(H2,20,21,24)/t13-,14+,16+/m0/s1. The first-order chi connectivity index (χ1) is 13.8. The molecular weight excluding hydrogens is 414 g/mol. The Morgan fingerprint density at radius 2 is 2.07 bits per heavy atom. The van der Waals surface area contributed by atoms with Crippen LogP contribution in [0.5, 0.6) is 0 Å². The van der Waals surface area contributed by atoms with Crippen LogP contribution in [0.1, 0.15) is 36.4 Å². The van der Waals surface area contributed by atoms with Crippen molar-refractivity contribution in [2.45, 2.75) is 42.5 Å². The summed E-state index contributed by atoms with van der Waals surface area (Å²) in [7, 11) is 0. The van der Waals surface area contributed by atoms with E-state index in [0.717, 1.165) is 0 Å². The SMILES string of the molecule is CCC(S)(S)O[C@H]1C[C@H](n2ccc(N)nc2=O)O[C@@H]1COC(=O)c1ccccc1. The van der Waals surface area contributed by atoms with E-state index in [1.54, 1.807) is 24.3 Å². The second-order valence-corrected chi connectivity index (χ2v) is 8.42. The third kappa shape index (κ3) is 5.53. The van der Waals surface area contributed by atoms with Crippen molar-refractivity contribution < 1.29 is 19.0 Å². The van der Waals surface area contributed by atoms with Crippen LogP contribution in [0.2, 0.25) is 0 Å². The van der Waals surface area contributed by atoms with E-state index < -0.39 is 34.4 Å². The third-order valence-corrected chi connectivity index (χ3v) is 5.37. The zero-order valence-corrected chi connectivity index (χ0v) is 17.6. The van der Waals surface area contributed by atoms with Gasteiger partial charge in [0.15, 0.2) is 4.27 Å². The first-order valence-electron chi connectivity index (χ1n) is 9.14. The monoisotopic (exact) mass is 437 g/mol. The maximum Gasteiger partial charge on any atom is 0.351 e. The molecule has 29 heavy (non-hydrogen) atoms. The molecular formula is C19H23N3O5S2. The Labute approximate surface area is 179 Å². The predicted molar refractivity (Wildman–Crippen MR) is 114 cm³/mol. The van der Waals surface area contributed by atoms with Gasteiger partial charge in [0, 0.05) is 12.6 Å². The van der Waals surface area contributed by atoms with E-state index in [2.05, 4.69) is 30.2 Å². The van der Waals surface area contributed by atoms with E-state index in [1.807, 2.05) is 13.0 Å². The molecule has 2 N–H and O–H groups in total. The van der Waals surface area contributed by atoms with Gasteiger partial charge < -0.3 is 19.9 Å². The van der Waals surface area contributed by atoms with Crippen molar-refractivity contribution in [3.8, 4) is 0 Å². The first-order valence-corrected chi connectivity index (χ1v) is 10.0. The fourth-order valence-corrected chi connectivity index (χ4v) is 3.20. The molecule has 0 unspecified atom stereocenters. The maximum atomic E-state index is 12.3. The summed E-state index contributed by atoms with van der Waals surface area (Å²) >= 11 is 8.80. The summed E-state index contributed by atoms with van der Waals surface area (Å²) in [6.07, 6.45) is 0.627. The summed E-state index contributed by atoms with van der Waals surface area (Å²) < 4.78 is 17.7. The highest BCUT2D eigenvalue weighted by atomic mass is 32.2. The van der Waals surface area contributed by atoms with E-state index in [4.69, 9.17) is 19.9 Å². The fraction of sp³-hybridized carbons (Fsp3) is 0.421. The van der Waals surface area contributed by atoms with Gasteiger partial charge in [-0.05, 0) is 24.6 Å². The highest BCUT2D eigenvalue weighted by Gasteiger charge is 2.41. The number of nitrogens with zero attached hydrogens (tertiary/aromatic N) is 2. The largest absolute Gasteiger partial charge is 0.459 e. The number of anilines is 1. The predicted octanol–water partition coefficient (Wildman–Crippen LogP) is 2.28. The zero-order chi connectivity index (χ0) is 21.0. The van der Waals surface area contributed by atoms with Crippen molar-refractivity contribution in [2.75, 3.05) is 12.3 Å². The van der Waals surface area contributed by atoms with Crippen molar-refractivity contribution in [3.63, 3.8) is 0 Å². The Hall–Kier alpha value is -2.01. The minimum absolute atomic E-state index is 0.0482. The lowest BCUT2D eigenvalue weighted by atomic mass is 10.2. The molecule has 2 aromatic rings. The normalized spacial score (nSPS) is 21.8. The highest BCUT2D eigenvalue weighted by molar-refractivity contribution is 8.00. The molecule has 0 radical (unpaired) electrons. The molecule has 0 bridgehead atoms. The number of aromatic nitrogens is 2. The molecule has 8 nitrogen and oxygen atoms in total. The number of benzene rings is 1. The number of nitrogens with two attached hydrogens (primary N) is 1. The quantitative estimate of drug-likeness (QED) is 0.347. The van der Waals surface area contributed by atoms with E-state index >= 15 is 0 Å². The van der Waals surface area contributed by atoms with E-state index in [0.29, 0.717) is 18.4 Å². The van der Waals surface area contributed by atoms with Crippen LogP contribution >= 0.6 is 25.3 Å². The third-order valence-electron chi connectivity index (χ3n) is 4.53. The van der Waals surface area contributed by atoms with Crippen molar-refractivity contribution >= 4 is 37.0 Å². The van der Waals surface area contributed by atoms with Gasteiger partial charge in [-0.2, -0.15) is 4.98 Å². The van der Waals surface area contributed by atoms with E-state index in [-0.39, 0.29) is 12.4 Å². The maximum absolute atomic E-state index is 12.3. The number of thiol groups is 2. The average molecular weight is 438 g/mol. The molecule has 3 rings (SSSR count).